The minimum absolute atomic E-state index is 0.0110. The van der Waals surface area contributed by atoms with Crippen LogP contribution in [0.25, 0.3) is 0 Å². The molecule has 0 bridgehead atoms. The number of rotatable bonds is 6. The third kappa shape index (κ3) is 5.07. The molecule has 4 heteroatoms. The van der Waals surface area contributed by atoms with Gasteiger partial charge in [-0.2, -0.15) is 0 Å². The van der Waals surface area contributed by atoms with E-state index in [1.165, 1.54) is 11.6 Å². The third-order valence-corrected chi connectivity index (χ3v) is 4.38. The predicted octanol–water partition coefficient (Wildman–Crippen LogP) is 4.89. The molecule has 0 aliphatic carbocycles. The van der Waals surface area contributed by atoms with E-state index >= 15 is 0 Å². The summed E-state index contributed by atoms with van der Waals surface area (Å²) in [5.74, 6) is -0.637. The van der Waals surface area contributed by atoms with Crippen LogP contribution in [0.3, 0.4) is 0 Å². The summed E-state index contributed by atoms with van der Waals surface area (Å²) in [6.07, 6.45) is 0.810. The highest BCUT2D eigenvalue weighted by molar-refractivity contribution is 6.30. The molecule has 1 N–H and O–H groups in total. The number of nitrogens with one attached hydrogen (secondary N) is 1. The Balaban J connectivity index is 1.94. The fourth-order valence-electron chi connectivity index (χ4n) is 2.99. The molecule has 0 radical (unpaired) electrons. The number of halogens is 2. The molecule has 0 fully saturated rings. The summed E-state index contributed by atoms with van der Waals surface area (Å²) in [5.41, 5.74) is 1.53. The van der Waals surface area contributed by atoms with Crippen LogP contribution in [-0.4, -0.2) is 11.9 Å². The molecule has 0 aliphatic rings. The highest BCUT2D eigenvalue weighted by atomic mass is 35.5. The van der Waals surface area contributed by atoms with E-state index in [-0.39, 0.29) is 23.8 Å². The Hall–Kier alpha value is -1.87. The van der Waals surface area contributed by atoms with Crippen LogP contribution in [0.1, 0.15) is 38.3 Å². The van der Waals surface area contributed by atoms with E-state index in [0.29, 0.717) is 10.6 Å². The Labute approximate surface area is 148 Å². The third-order valence-electron chi connectivity index (χ3n) is 4.15. The Morgan fingerprint density at radius 3 is 2.50 bits per heavy atom. The monoisotopic (exact) mass is 347 g/mol. The van der Waals surface area contributed by atoms with E-state index < -0.39 is 5.82 Å². The van der Waals surface area contributed by atoms with Gasteiger partial charge in [-0.15, -0.1) is 0 Å². The molecule has 0 spiro atoms. The Kier molecular flexibility index (Phi) is 6.00. The van der Waals surface area contributed by atoms with Gasteiger partial charge in [-0.1, -0.05) is 61.8 Å². The van der Waals surface area contributed by atoms with E-state index in [4.69, 9.17) is 11.6 Å². The minimum Gasteiger partial charge on any atom is -0.353 e. The number of amides is 1. The summed E-state index contributed by atoms with van der Waals surface area (Å²) in [7, 11) is 0. The van der Waals surface area contributed by atoms with Gasteiger partial charge in [0.2, 0.25) is 5.91 Å². The van der Waals surface area contributed by atoms with Crippen molar-refractivity contribution in [2.45, 2.75) is 45.1 Å². The van der Waals surface area contributed by atoms with Crippen LogP contribution in [0.5, 0.6) is 0 Å². The molecule has 1 atom stereocenters. The maximum Gasteiger partial charge on any atom is 0.224 e. The number of carbonyl (C=O) groups is 1. The normalized spacial score (nSPS) is 12.7. The first-order valence-corrected chi connectivity index (χ1v) is 8.44. The lowest BCUT2D eigenvalue weighted by atomic mass is 9.79. The molecular formula is C20H23ClFNO. The second kappa shape index (κ2) is 7.80. The highest BCUT2D eigenvalue weighted by Gasteiger charge is 2.24. The quantitative estimate of drug-likeness (QED) is 0.791. The lowest BCUT2D eigenvalue weighted by Gasteiger charge is -2.29. The largest absolute Gasteiger partial charge is 0.353 e. The summed E-state index contributed by atoms with van der Waals surface area (Å²) in [4.78, 5) is 12.2. The molecule has 2 nitrogen and oxygen atoms in total. The zero-order valence-corrected chi connectivity index (χ0v) is 15.0. The Morgan fingerprint density at radius 2 is 1.88 bits per heavy atom. The van der Waals surface area contributed by atoms with Gasteiger partial charge in [0.25, 0.3) is 0 Å². The van der Waals surface area contributed by atoms with E-state index in [9.17, 15) is 9.18 Å². The molecule has 2 aromatic rings. The smallest absolute Gasteiger partial charge is 0.224 e. The molecule has 2 aromatic carbocycles. The van der Waals surface area contributed by atoms with Crippen LogP contribution in [0.4, 0.5) is 4.39 Å². The zero-order chi connectivity index (χ0) is 17.7. The lowest BCUT2D eigenvalue weighted by molar-refractivity contribution is -0.121. The topological polar surface area (TPSA) is 29.1 Å². The molecule has 0 heterocycles. The Bertz CT molecular complexity index is 700. The first kappa shape index (κ1) is 18.5. The molecule has 0 saturated carbocycles. The van der Waals surface area contributed by atoms with Gasteiger partial charge in [-0.3, -0.25) is 4.79 Å². The van der Waals surface area contributed by atoms with E-state index in [0.717, 1.165) is 6.42 Å². The van der Waals surface area contributed by atoms with Crippen LogP contribution < -0.4 is 5.32 Å². The maximum absolute atomic E-state index is 13.8. The van der Waals surface area contributed by atoms with E-state index in [2.05, 4.69) is 31.3 Å². The van der Waals surface area contributed by atoms with Gasteiger partial charge in [0.1, 0.15) is 5.82 Å². The summed E-state index contributed by atoms with van der Waals surface area (Å²) in [5, 5.41) is 3.29. The second-order valence-corrected chi connectivity index (χ2v) is 7.27. The SMILES string of the molecule is C[C@H](CC(C)(C)c1ccccc1)NC(=O)Cc1ccc(Cl)cc1F. The summed E-state index contributed by atoms with van der Waals surface area (Å²) in [6, 6.07) is 14.6. The van der Waals surface area contributed by atoms with Gasteiger partial charge in [0.05, 0.1) is 6.42 Å². The van der Waals surface area contributed by atoms with Crippen LogP contribution in [-0.2, 0) is 16.6 Å². The standard InChI is InChI=1S/C20H23ClFNO/c1-14(13-20(2,3)16-7-5-4-6-8-16)23-19(24)11-15-9-10-17(21)12-18(15)22/h4-10,12,14H,11,13H2,1-3H3,(H,23,24)/t14-/m1/s1. The molecule has 0 aromatic heterocycles. The number of benzene rings is 2. The Morgan fingerprint density at radius 1 is 1.21 bits per heavy atom. The second-order valence-electron chi connectivity index (χ2n) is 6.84. The van der Waals surface area contributed by atoms with Crippen LogP contribution >= 0.6 is 11.6 Å². The van der Waals surface area contributed by atoms with Crippen LogP contribution in [0, 0.1) is 5.82 Å². The van der Waals surface area contributed by atoms with Crippen molar-refractivity contribution < 1.29 is 9.18 Å². The zero-order valence-electron chi connectivity index (χ0n) is 14.3. The molecule has 1 amide bonds. The van der Waals surface area contributed by atoms with Crippen molar-refractivity contribution in [1.82, 2.24) is 5.32 Å². The van der Waals surface area contributed by atoms with Gasteiger partial charge in [-0.05, 0) is 42.0 Å². The lowest BCUT2D eigenvalue weighted by Crippen LogP contribution is -2.38. The first-order chi connectivity index (χ1) is 11.3. The molecule has 0 saturated heterocycles. The molecular weight excluding hydrogens is 325 g/mol. The van der Waals surface area contributed by atoms with Crippen molar-refractivity contribution in [2.24, 2.45) is 0 Å². The predicted molar refractivity (Wildman–Crippen MR) is 96.8 cm³/mol. The molecule has 24 heavy (non-hydrogen) atoms. The number of hydrogen-bond donors (Lipinski definition) is 1. The van der Waals surface area contributed by atoms with E-state index in [1.807, 2.05) is 25.1 Å². The summed E-state index contributed by atoms with van der Waals surface area (Å²) in [6.45, 7) is 6.29. The molecule has 2 rings (SSSR count). The van der Waals surface area contributed by atoms with Crippen molar-refractivity contribution in [1.29, 1.82) is 0 Å². The van der Waals surface area contributed by atoms with Crippen molar-refractivity contribution in [3.8, 4) is 0 Å². The van der Waals surface area contributed by atoms with Crippen LogP contribution in [0.2, 0.25) is 5.02 Å². The van der Waals surface area contributed by atoms with Crippen molar-refractivity contribution in [3.63, 3.8) is 0 Å². The van der Waals surface area contributed by atoms with E-state index in [1.54, 1.807) is 12.1 Å². The number of hydrogen-bond acceptors (Lipinski definition) is 1. The maximum atomic E-state index is 13.8. The average Bonchev–Trinajstić information content (AvgIpc) is 2.50. The average molecular weight is 348 g/mol. The fraction of sp³-hybridized carbons (Fsp3) is 0.350. The molecule has 0 unspecified atom stereocenters. The number of carbonyl (C=O) groups excluding carboxylic acids is 1. The van der Waals surface area contributed by atoms with Gasteiger partial charge >= 0.3 is 0 Å². The van der Waals surface area contributed by atoms with Gasteiger partial charge < -0.3 is 5.32 Å². The molecule has 128 valence electrons. The van der Waals surface area contributed by atoms with Crippen molar-refractivity contribution in [2.75, 3.05) is 0 Å². The summed E-state index contributed by atoms with van der Waals surface area (Å²) < 4.78 is 13.8. The fourth-order valence-corrected chi connectivity index (χ4v) is 3.15. The van der Waals surface area contributed by atoms with Crippen LogP contribution in [0.15, 0.2) is 48.5 Å². The minimum atomic E-state index is -0.449. The highest BCUT2D eigenvalue weighted by Crippen LogP contribution is 2.28. The van der Waals surface area contributed by atoms with Crippen molar-refractivity contribution in [3.05, 3.63) is 70.5 Å². The molecule has 0 aliphatic heterocycles. The van der Waals surface area contributed by atoms with Gasteiger partial charge in [0.15, 0.2) is 0 Å². The van der Waals surface area contributed by atoms with Gasteiger partial charge in [0, 0.05) is 11.1 Å². The van der Waals surface area contributed by atoms with Gasteiger partial charge in [-0.25, -0.2) is 4.39 Å². The first-order valence-electron chi connectivity index (χ1n) is 8.07. The van der Waals surface area contributed by atoms with Crippen molar-refractivity contribution >= 4 is 17.5 Å². The summed E-state index contributed by atoms with van der Waals surface area (Å²) >= 11 is 5.73.